The Morgan fingerprint density at radius 1 is 1.53 bits per heavy atom. The first-order valence-electron chi connectivity index (χ1n) is 5.16. The van der Waals surface area contributed by atoms with E-state index < -0.39 is 16.8 Å². The fourth-order valence-corrected chi connectivity index (χ4v) is 1.46. The van der Waals surface area contributed by atoms with Crippen LogP contribution in [0.1, 0.15) is 31.9 Å². The molecule has 1 rings (SSSR count). The molecule has 17 heavy (non-hydrogen) atoms. The van der Waals surface area contributed by atoms with Crippen molar-refractivity contribution < 1.29 is 9.31 Å². The van der Waals surface area contributed by atoms with Gasteiger partial charge in [-0.05, 0) is 12.0 Å². The van der Waals surface area contributed by atoms with Crippen LogP contribution in [0.5, 0.6) is 0 Å². The molecule has 0 heterocycles. The van der Waals surface area contributed by atoms with Gasteiger partial charge >= 0.3 is 0 Å². The molecule has 4 nitrogen and oxygen atoms in total. The monoisotopic (exact) mass is 262 g/mol. The fourth-order valence-electron chi connectivity index (χ4n) is 1.46. The maximum Gasteiger partial charge on any atom is 0.269 e. The number of nitrogens with zero attached hydrogens (tertiary/aromatic N) is 1. The van der Waals surface area contributed by atoms with Gasteiger partial charge in [-0.1, -0.05) is 20.3 Å². The molecule has 1 aromatic rings. The number of nitrogens with two attached hydrogens (primary N) is 1. The van der Waals surface area contributed by atoms with Gasteiger partial charge < -0.3 is 5.73 Å². The second kappa shape index (κ2) is 6.51. The lowest BCUT2D eigenvalue weighted by atomic mass is 9.93. The molecule has 0 bridgehead atoms. The van der Waals surface area contributed by atoms with Crippen molar-refractivity contribution in [1.29, 1.82) is 0 Å². The zero-order chi connectivity index (χ0) is 12.3. The number of rotatable bonds is 4. The van der Waals surface area contributed by atoms with Gasteiger partial charge in [-0.2, -0.15) is 0 Å². The molecule has 0 saturated carbocycles. The minimum Gasteiger partial charge on any atom is -0.324 e. The Morgan fingerprint density at radius 2 is 2.12 bits per heavy atom. The Kier molecular flexibility index (Phi) is 6.05. The van der Waals surface area contributed by atoms with Gasteiger partial charge in [-0.25, -0.2) is 4.39 Å². The van der Waals surface area contributed by atoms with Gasteiger partial charge in [-0.3, -0.25) is 10.1 Å². The lowest BCUT2D eigenvalue weighted by molar-refractivity contribution is -0.385. The van der Waals surface area contributed by atoms with Crippen molar-refractivity contribution in [3.63, 3.8) is 0 Å². The van der Waals surface area contributed by atoms with Crippen LogP contribution in [0.3, 0.4) is 0 Å². The molecule has 0 spiro atoms. The highest BCUT2D eigenvalue weighted by molar-refractivity contribution is 5.85. The first-order chi connectivity index (χ1) is 7.47. The highest BCUT2D eigenvalue weighted by Gasteiger charge is 2.20. The van der Waals surface area contributed by atoms with Crippen molar-refractivity contribution in [3.8, 4) is 0 Å². The van der Waals surface area contributed by atoms with Crippen LogP contribution < -0.4 is 5.73 Å². The maximum absolute atomic E-state index is 13.5. The van der Waals surface area contributed by atoms with E-state index in [9.17, 15) is 14.5 Å². The van der Waals surface area contributed by atoms with Crippen molar-refractivity contribution in [2.45, 2.75) is 26.3 Å². The van der Waals surface area contributed by atoms with Gasteiger partial charge in [-0.15, -0.1) is 12.4 Å². The first kappa shape index (κ1) is 15.8. The van der Waals surface area contributed by atoms with E-state index in [-0.39, 0.29) is 29.6 Å². The number of benzene rings is 1. The van der Waals surface area contributed by atoms with Crippen LogP contribution in [0.4, 0.5) is 10.1 Å². The summed E-state index contributed by atoms with van der Waals surface area (Å²) in [5.41, 5.74) is 5.94. The van der Waals surface area contributed by atoms with Gasteiger partial charge in [0.1, 0.15) is 5.82 Å². The second-order valence-corrected chi connectivity index (χ2v) is 3.87. The Labute approximate surface area is 106 Å². The molecule has 0 amide bonds. The normalized spacial score (nSPS) is 13.6. The van der Waals surface area contributed by atoms with Crippen molar-refractivity contribution in [3.05, 3.63) is 39.7 Å². The molecule has 0 saturated heterocycles. The molecule has 1 unspecified atom stereocenters. The average Bonchev–Trinajstić information content (AvgIpc) is 2.27. The Morgan fingerprint density at radius 3 is 2.59 bits per heavy atom. The zero-order valence-corrected chi connectivity index (χ0v) is 10.5. The summed E-state index contributed by atoms with van der Waals surface area (Å²) < 4.78 is 13.5. The van der Waals surface area contributed by atoms with E-state index in [1.165, 1.54) is 6.07 Å². The molecule has 2 atom stereocenters. The number of hydrogen-bond acceptors (Lipinski definition) is 3. The van der Waals surface area contributed by atoms with Crippen LogP contribution in [0.25, 0.3) is 0 Å². The van der Waals surface area contributed by atoms with Crippen LogP contribution >= 0.6 is 12.4 Å². The molecule has 96 valence electrons. The molecular weight excluding hydrogens is 247 g/mol. The van der Waals surface area contributed by atoms with E-state index in [0.29, 0.717) is 0 Å². The molecule has 0 radical (unpaired) electrons. The molecular formula is C11H16ClFN2O2. The summed E-state index contributed by atoms with van der Waals surface area (Å²) in [6.07, 6.45) is 0.795. The molecule has 0 aliphatic carbocycles. The molecule has 1 aromatic carbocycles. The summed E-state index contributed by atoms with van der Waals surface area (Å²) >= 11 is 0. The molecule has 0 fully saturated rings. The van der Waals surface area contributed by atoms with E-state index in [2.05, 4.69) is 0 Å². The topological polar surface area (TPSA) is 69.2 Å². The summed E-state index contributed by atoms with van der Waals surface area (Å²) in [6.45, 7) is 3.84. The summed E-state index contributed by atoms with van der Waals surface area (Å²) in [4.78, 5) is 10.0. The number of hydrogen-bond donors (Lipinski definition) is 1. The van der Waals surface area contributed by atoms with E-state index in [1.54, 1.807) is 0 Å². The van der Waals surface area contributed by atoms with Crippen molar-refractivity contribution in [2.75, 3.05) is 0 Å². The van der Waals surface area contributed by atoms with Crippen molar-refractivity contribution in [1.82, 2.24) is 0 Å². The van der Waals surface area contributed by atoms with E-state index in [1.807, 2.05) is 13.8 Å². The number of nitro benzene ring substituents is 1. The maximum atomic E-state index is 13.5. The Hall–Kier alpha value is -1.20. The van der Waals surface area contributed by atoms with E-state index in [0.717, 1.165) is 18.6 Å². The van der Waals surface area contributed by atoms with Crippen LogP contribution in [-0.4, -0.2) is 4.92 Å². The molecule has 6 heteroatoms. The van der Waals surface area contributed by atoms with Crippen molar-refractivity contribution >= 4 is 18.1 Å². The standard InChI is InChI=1S/C11H15FN2O2.ClH/c1-3-7(2)11(13)9-6-8(14(15)16)4-5-10(9)12;/h4-7,11H,3,13H2,1-2H3;1H/t7?,11-;/m1./s1. The SMILES string of the molecule is CCC(C)[C@@H](N)c1cc([N+](=O)[O-])ccc1F.Cl. The van der Waals surface area contributed by atoms with E-state index >= 15 is 0 Å². The van der Waals surface area contributed by atoms with Gasteiger partial charge in [0.15, 0.2) is 0 Å². The predicted octanol–water partition coefficient (Wildman–Crippen LogP) is 3.20. The summed E-state index contributed by atoms with van der Waals surface area (Å²) in [5, 5.41) is 10.6. The number of nitro groups is 1. The molecule has 0 aliphatic heterocycles. The summed E-state index contributed by atoms with van der Waals surface area (Å²) in [7, 11) is 0. The smallest absolute Gasteiger partial charge is 0.269 e. The largest absolute Gasteiger partial charge is 0.324 e. The average molecular weight is 263 g/mol. The van der Waals surface area contributed by atoms with Gasteiger partial charge in [0.25, 0.3) is 5.69 Å². The third-order valence-electron chi connectivity index (χ3n) is 2.81. The quantitative estimate of drug-likeness (QED) is 0.669. The van der Waals surface area contributed by atoms with Gasteiger partial charge in [0.05, 0.1) is 4.92 Å². The molecule has 0 aromatic heterocycles. The van der Waals surface area contributed by atoms with Crippen LogP contribution in [0.15, 0.2) is 18.2 Å². The van der Waals surface area contributed by atoms with Gasteiger partial charge in [0.2, 0.25) is 0 Å². The number of non-ortho nitro benzene ring substituents is 1. The van der Waals surface area contributed by atoms with Crippen LogP contribution in [-0.2, 0) is 0 Å². The lowest BCUT2D eigenvalue weighted by Gasteiger charge is -2.18. The first-order valence-corrected chi connectivity index (χ1v) is 5.16. The van der Waals surface area contributed by atoms with Crippen LogP contribution in [0, 0.1) is 21.8 Å². The lowest BCUT2D eigenvalue weighted by Crippen LogP contribution is -2.20. The van der Waals surface area contributed by atoms with E-state index in [4.69, 9.17) is 5.73 Å². The highest BCUT2D eigenvalue weighted by atomic mass is 35.5. The third kappa shape index (κ3) is 3.64. The summed E-state index contributed by atoms with van der Waals surface area (Å²) in [6, 6.07) is 2.94. The Balaban J connectivity index is 0.00000256. The van der Waals surface area contributed by atoms with Gasteiger partial charge in [0, 0.05) is 23.7 Å². The van der Waals surface area contributed by atoms with Crippen molar-refractivity contribution in [2.24, 2.45) is 11.7 Å². The minimum atomic E-state index is -0.549. The second-order valence-electron chi connectivity index (χ2n) is 3.87. The molecule has 0 aliphatic rings. The van der Waals surface area contributed by atoms with Crippen LogP contribution in [0.2, 0.25) is 0 Å². The molecule has 2 N–H and O–H groups in total. The third-order valence-corrected chi connectivity index (χ3v) is 2.81. The predicted molar refractivity (Wildman–Crippen MR) is 66.7 cm³/mol. The number of halogens is 2. The Bertz CT molecular complexity index is 401. The fraction of sp³-hybridized carbons (Fsp3) is 0.455. The minimum absolute atomic E-state index is 0. The highest BCUT2D eigenvalue weighted by Crippen LogP contribution is 2.27. The summed E-state index contributed by atoms with van der Waals surface area (Å²) in [5.74, 6) is -0.407. The zero-order valence-electron chi connectivity index (χ0n) is 9.72.